The predicted octanol–water partition coefficient (Wildman–Crippen LogP) is 3.45. The average Bonchev–Trinajstić information content (AvgIpc) is 2.32. The molecule has 1 N–H and O–H groups in total. The molecule has 18 heavy (non-hydrogen) atoms. The lowest BCUT2D eigenvalue weighted by Gasteiger charge is -2.07. The molecule has 0 aliphatic rings. The van der Waals surface area contributed by atoms with Crippen LogP contribution in [0, 0.1) is 6.92 Å². The van der Waals surface area contributed by atoms with E-state index in [1.54, 1.807) is 6.07 Å². The molecule has 2 aromatic rings. The van der Waals surface area contributed by atoms with Crippen molar-refractivity contribution in [2.45, 2.75) is 6.92 Å². The molecule has 92 valence electrons. The van der Waals surface area contributed by atoms with E-state index < -0.39 is 0 Å². The molecule has 0 atom stereocenters. The maximum absolute atomic E-state index is 12.1. The zero-order valence-electron chi connectivity index (χ0n) is 9.45. The van der Waals surface area contributed by atoms with Crippen LogP contribution in [0.2, 0.25) is 5.15 Å². The Morgan fingerprint density at radius 1 is 1.33 bits per heavy atom. The molecule has 0 aliphatic carbocycles. The van der Waals surface area contributed by atoms with Crippen LogP contribution in [-0.4, -0.2) is 15.9 Å². The Balaban J connectivity index is 2.24. The van der Waals surface area contributed by atoms with Crippen LogP contribution in [0.1, 0.15) is 15.9 Å². The van der Waals surface area contributed by atoms with E-state index in [1.165, 1.54) is 12.4 Å². The van der Waals surface area contributed by atoms with E-state index in [1.807, 2.05) is 19.1 Å². The standard InChI is InChI=1S/C12H9BrClN3O/c1-7-2-3-8(13)4-9(7)12(18)17-11-5-10(14)15-6-16-11/h2-6H,1H3,(H,15,16,17,18). The predicted molar refractivity (Wildman–Crippen MR) is 73.9 cm³/mol. The van der Waals surface area contributed by atoms with Gasteiger partial charge in [-0.1, -0.05) is 33.6 Å². The van der Waals surface area contributed by atoms with Crippen LogP contribution in [-0.2, 0) is 0 Å². The van der Waals surface area contributed by atoms with Gasteiger partial charge in [-0.15, -0.1) is 0 Å². The van der Waals surface area contributed by atoms with E-state index in [0.29, 0.717) is 11.4 Å². The Hall–Kier alpha value is -1.46. The fourth-order valence-electron chi connectivity index (χ4n) is 1.42. The molecule has 0 fully saturated rings. The van der Waals surface area contributed by atoms with E-state index in [4.69, 9.17) is 11.6 Å². The van der Waals surface area contributed by atoms with Gasteiger partial charge >= 0.3 is 0 Å². The Bertz CT molecular complexity index is 604. The van der Waals surface area contributed by atoms with Crippen molar-refractivity contribution in [2.75, 3.05) is 5.32 Å². The third kappa shape index (κ3) is 3.05. The number of aromatic nitrogens is 2. The van der Waals surface area contributed by atoms with Gasteiger partial charge in [0.05, 0.1) is 0 Å². The molecule has 1 aromatic heterocycles. The van der Waals surface area contributed by atoms with Gasteiger partial charge in [0.2, 0.25) is 0 Å². The van der Waals surface area contributed by atoms with E-state index in [9.17, 15) is 4.79 Å². The van der Waals surface area contributed by atoms with Crippen molar-refractivity contribution in [1.82, 2.24) is 9.97 Å². The number of benzene rings is 1. The highest BCUT2D eigenvalue weighted by Crippen LogP contribution is 2.17. The molecule has 0 bridgehead atoms. The van der Waals surface area contributed by atoms with Gasteiger partial charge in [0.15, 0.2) is 0 Å². The minimum absolute atomic E-state index is 0.233. The highest BCUT2D eigenvalue weighted by atomic mass is 79.9. The Morgan fingerprint density at radius 3 is 2.83 bits per heavy atom. The zero-order chi connectivity index (χ0) is 13.1. The molecule has 0 spiro atoms. The smallest absolute Gasteiger partial charge is 0.257 e. The molecule has 1 aromatic carbocycles. The van der Waals surface area contributed by atoms with Gasteiger partial charge in [-0.05, 0) is 24.6 Å². The zero-order valence-corrected chi connectivity index (χ0v) is 11.8. The summed E-state index contributed by atoms with van der Waals surface area (Å²) in [4.78, 5) is 19.7. The second-order valence-electron chi connectivity index (χ2n) is 3.64. The molecular weight excluding hydrogens is 318 g/mol. The van der Waals surface area contributed by atoms with Crippen LogP contribution in [0.15, 0.2) is 35.1 Å². The fourth-order valence-corrected chi connectivity index (χ4v) is 1.93. The Labute approximate surface area is 118 Å². The van der Waals surface area contributed by atoms with Crippen LogP contribution < -0.4 is 5.32 Å². The molecule has 0 unspecified atom stereocenters. The maximum Gasteiger partial charge on any atom is 0.257 e. The lowest BCUT2D eigenvalue weighted by atomic mass is 10.1. The largest absolute Gasteiger partial charge is 0.306 e. The number of amides is 1. The van der Waals surface area contributed by atoms with Crippen LogP contribution >= 0.6 is 27.5 Å². The summed E-state index contributed by atoms with van der Waals surface area (Å²) in [6, 6.07) is 7.00. The molecule has 2 rings (SSSR count). The minimum Gasteiger partial charge on any atom is -0.306 e. The molecule has 4 nitrogen and oxygen atoms in total. The van der Waals surface area contributed by atoms with Crippen LogP contribution in [0.25, 0.3) is 0 Å². The van der Waals surface area contributed by atoms with Gasteiger partial charge in [0.25, 0.3) is 5.91 Å². The highest BCUT2D eigenvalue weighted by Gasteiger charge is 2.10. The fraction of sp³-hybridized carbons (Fsp3) is 0.0833. The number of aryl methyl sites for hydroxylation is 1. The number of nitrogens with one attached hydrogen (secondary N) is 1. The van der Waals surface area contributed by atoms with Crippen LogP contribution in [0.4, 0.5) is 5.82 Å². The van der Waals surface area contributed by atoms with Gasteiger partial charge in [0.1, 0.15) is 17.3 Å². The van der Waals surface area contributed by atoms with Gasteiger partial charge in [-0.3, -0.25) is 4.79 Å². The number of carbonyl (C=O) groups is 1. The van der Waals surface area contributed by atoms with Gasteiger partial charge in [-0.25, -0.2) is 9.97 Å². The van der Waals surface area contributed by atoms with Gasteiger partial charge < -0.3 is 5.32 Å². The molecule has 0 radical (unpaired) electrons. The van der Waals surface area contributed by atoms with Crippen molar-refractivity contribution in [3.8, 4) is 0 Å². The van der Waals surface area contributed by atoms with Crippen molar-refractivity contribution in [3.05, 3.63) is 51.3 Å². The van der Waals surface area contributed by atoms with Crippen molar-refractivity contribution in [1.29, 1.82) is 0 Å². The number of carbonyl (C=O) groups excluding carboxylic acids is 1. The van der Waals surface area contributed by atoms with Crippen LogP contribution in [0.5, 0.6) is 0 Å². The lowest BCUT2D eigenvalue weighted by Crippen LogP contribution is -2.14. The van der Waals surface area contributed by atoms with Crippen molar-refractivity contribution >= 4 is 39.3 Å². The summed E-state index contributed by atoms with van der Waals surface area (Å²) < 4.78 is 0.846. The summed E-state index contributed by atoms with van der Waals surface area (Å²) in [6.07, 6.45) is 1.30. The second kappa shape index (κ2) is 5.46. The Kier molecular flexibility index (Phi) is 3.93. The first-order valence-electron chi connectivity index (χ1n) is 5.11. The second-order valence-corrected chi connectivity index (χ2v) is 4.94. The molecular formula is C12H9BrClN3O. The average molecular weight is 327 g/mol. The normalized spacial score (nSPS) is 10.2. The summed E-state index contributed by atoms with van der Waals surface area (Å²) in [6.45, 7) is 1.87. The summed E-state index contributed by atoms with van der Waals surface area (Å²) >= 11 is 9.06. The summed E-state index contributed by atoms with van der Waals surface area (Å²) in [5, 5.41) is 2.96. The molecule has 0 saturated heterocycles. The van der Waals surface area contributed by atoms with Crippen molar-refractivity contribution in [2.24, 2.45) is 0 Å². The minimum atomic E-state index is -0.233. The first kappa shape index (κ1) is 13.0. The van der Waals surface area contributed by atoms with E-state index >= 15 is 0 Å². The van der Waals surface area contributed by atoms with E-state index in [2.05, 4.69) is 31.2 Å². The molecule has 0 saturated carbocycles. The van der Waals surface area contributed by atoms with Crippen molar-refractivity contribution < 1.29 is 4.79 Å². The monoisotopic (exact) mass is 325 g/mol. The molecule has 1 amide bonds. The third-order valence-corrected chi connectivity index (χ3v) is 3.02. The van der Waals surface area contributed by atoms with E-state index in [-0.39, 0.29) is 11.1 Å². The highest BCUT2D eigenvalue weighted by molar-refractivity contribution is 9.10. The maximum atomic E-state index is 12.1. The number of halogens is 2. The van der Waals surface area contributed by atoms with E-state index in [0.717, 1.165) is 10.0 Å². The number of hydrogen-bond donors (Lipinski definition) is 1. The van der Waals surface area contributed by atoms with Crippen molar-refractivity contribution in [3.63, 3.8) is 0 Å². The number of rotatable bonds is 2. The Morgan fingerprint density at radius 2 is 2.11 bits per heavy atom. The van der Waals surface area contributed by atoms with Gasteiger partial charge in [0, 0.05) is 16.1 Å². The number of hydrogen-bond acceptors (Lipinski definition) is 3. The number of anilines is 1. The summed E-state index contributed by atoms with van der Waals surface area (Å²) in [5.41, 5.74) is 1.47. The van der Waals surface area contributed by atoms with Crippen LogP contribution in [0.3, 0.4) is 0 Å². The third-order valence-electron chi connectivity index (χ3n) is 2.32. The summed E-state index contributed by atoms with van der Waals surface area (Å²) in [5.74, 6) is 0.142. The first-order valence-corrected chi connectivity index (χ1v) is 6.28. The van der Waals surface area contributed by atoms with Gasteiger partial charge in [-0.2, -0.15) is 0 Å². The summed E-state index contributed by atoms with van der Waals surface area (Å²) in [7, 11) is 0. The molecule has 0 aliphatic heterocycles. The SMILES string of the molecule is Cc1ccc(Br)cc1C(=O)Nc1cc(Cl)ncn1. The number of nitrogens with zero attached hydrogens (tertiary/aromatic N) is 2. The topological polar surface area (TPSA) is 54.9 Å². The molecule has 6 heteroatoms. The lowest BCUT2D eigenvalue weighted by molar-refractivity contribution is 0.102. The first-order chi connectivity index (χ1) is 8.56. The quantitative estimate of drug-likeness (QED) is 0.860. The molecule has 1 heterocycles.